The highest BCUT2D eigenvalue weighted by molar-refractivity contribution is 5.87. The van der Waals surface area contributed by atoms with Crippen LogP contribution in [-0.4, -0.2) is 5.78 Å². The van der Waals surface area contributed by atoms with E-state index < -0.39 is 0 Å². The summed E-state index contributed by atoms with van der Waals surface area (Å²) < 4.78 is 0. The summed E-state index contributed by atoms with van der Waals surface area (Å²) in [6.45, 7) is 8.70. The van der Waals surface area contributed by atoms with Crippen molar-refractivity contribution in [2.45, 2.75) is 66.2 Å². The third-order valence-corrected chi connectivity index (χ3v) is 4.81. The van der Waals surface area contributed by atoms with Crippen molar-refractivity contribution in [2.75, 3.05) is 0 Å². The number of ketones is 1. The first-order valence-corrected chi connectivity index (χ1v) is 8.02. The minimum atomic E-state index is -0.0235. The molecule has 1 saturated carbocycles. The van der Waals surface area contributed by atoms with Crippen LogP contribution >= 0.6 is 0 Å². The van der Waals surface area contributed by atoms with Gasteiger partial charge in [-0.3, -0.25) is 4.79 Å². The third-order valence-electron chi connectivity index (χ3n) is 4.81. The van der Waals surface area contributed by atoms with Crippen LogP contribution in [0.25, 0.3) is 0 Å². The van der Waals surface area contributed by atoms with E-state index in [-0.39, 0.29) is 5.41 Å². The normalized spacial score (nSPS) is 17.6. The van der Waals surface area contributed by atoms with Crippen LogP contribution in [0.1, 0.15) is 62.6 Å². The van der Waals surface area contributed by atoms with Gasteiger partial charge in [-0.1, -0.05) is 50.5 Å². The summed E-state index contributed by atoms with van der Waals surface area (Å²) in [6.07, 6.45) is 6.36. The van der Waals surface area contributed by atoms with Crippen molar-refractivity contribution >= 4 is 5.78 Å². The Balaban J connectivity index is 2.18. The second-order valence-corrected chi connectivity index (χ2v) is 7.12. The topological polar surface area (TPSA) is 17.1 Å². The summed E-state index contributed by atoms with van der Waals surface area (Å²) in [5.74, 6) is 1.09. The molecule has 1 nitrogen and oxygen atoms in total. The minimum absolute atomic E-state index is 0.0235. The predicted molar refractivity (Wildman–Crippen MR) is 85.0 cm³/mol. The van der Waals surface area contributed by atoms with Crippen LogP contribution in [0, 0.1) is 25.2 Å². The Hall–Kier alpha value is -1.11. The van der Waals surface area contributed by atoms with Gasteiger partial charge in [0.1, 0.15) is 5.78 Å². The number of rotatable bonds is 5. The fourth-order valence-corrected chi connectivity index (χ4v) is 3.78. The van der Waals surface area contributed by atoms with Crippen LogP contribution in [0.3, 0.4) is 0 Å². The molecule has 110 valence electrons. The number of carbonyl (C=O) groups is 1. The lowest BCUT2D eigenvalue weighted by Gasteiger charge is -2.29. The number of benzene rings is 1. The first-order valence-electron chi connectivity index (χ1n) is 8.02. The number of Topliss-reactive ketones (excluding diaryl/α,β-unsaturated/α-hetero) is 1. The van der Waals surface area contributed by atoms with Gasteiger partial charge in [0.25, 0.3) is 0 Å². The molecule has 1 aromatic rings. The molecule has 1 aliphatic rings. The van der Waals surface area contributed by atoms with Crippen LogP contribution in [0.15, 0.2) is 18.2 Å². The molecule has 1 heteroatoms. The Morgan fingerprint density at radius 2 is 1.85 bits per heavy atom. The van der Waals surface area contributed by atoms with Crippen molar-refractivity contribution in [3.63, 3.8) is 0 Å². The molecule has 0 atom stereocenters. The quantitative estimate of drug-likeness (QED) is 0.735. The number of hydrogen-bond acceptors (Lipinski definition) is 1. The van der Waals surface area contributed by atoms with E-state index >= 15 is 0 Å². The maximum Gasteiger partial charge on any atom is 0.143 e. The van der Waals surface area contributed by atoms with E-state index in [0.717, 1.165) is 19.3 Å². The molecule has 0 aromatic heterocycles. The average Bonchev–Trinajstić information content (AvgIpc) is 2.82. The second kappa shape index (κ2) is 6.11. The van der Waals surface area contributed by atoms with Crippen LogP contribution in [-0.2, 0) is 11.2 Å². The summed E-state index contributed by atoms with van der Waals surface area (Å²) >= 11 is 0. The summed E-state index contributed by atoms with van der Waals surface area (Å²) in [5, 5.41) is 0. The van der Waals surface area contributed by atoms with Crippen molar-refractivity contribution in [3.05, 3.63) is 34.9 Å². The monoisotopic (exact) mass is 272 g/mol. The average molecular weight is 272 g/mol. The molecule has 20 heavy (non-hydrogen) atoms. The molecule has 1 aliphatic carbocycles. The van der Waals surface area contributed by atoms with Gasteiger partial charge in [-0.15, -0.1) is 0 Å². The molecule has 0 aliphatic heterocycles. The molecule has 1 fully saturated rings. The highest BCUT2D eigenvalue weighted by Gasteiger charge is 2.40. The van der Waals surface area contributed by atoms with E-state index in [4.69, 9.17) is 0 Å². The Labute approximate surface area is 123 Å². The Kier molecular flexibility index (Phi) is 4.67. The zero-order valence-corrected chi connectivity index (χ0v) is 13.5. The lowest BCUT2D eigenvalue weighted by Crippen LogP contribution is -2.31. The maximum absolute atomic E-state index is 12.9. The van der Waals surface area contributed by atoms with Crippen LogP contribution in [0.5, 0.6) is 0 Å². The van der Waals surface area contributed by atoms with Crippen molar-refractivity contribution in [1.82, 2.24) is 0 Å². The van der Waals surface area contributed by atoms with Gasteiger partial charge < -0.3 is 0 Å². The second-order valence-electron chi connectivity index (χ2n) is 7.12. The third kappa shape index (κ3) is 3.31. The van der Waals surface area contributed by atoms with Gasteiger partial charge >= 0.3 is 0 Å². The zero-order valence-electron chi connectivity index (χ0n) is 13.5. The SMILES string of the molecule is Cc1ccc(C)c(CC(=O)C2(CC(C)C)CCCC2)c1. The Morgan fingerprint density at radius 3 is 2.45 bits per heavy atom. The lowest BCUT2D eigenvalue weighted by atomic mass is 9.73. The first-order chi connectivity index (χ1) is 9.43. The van der Waals surface area contributed by atoms with Gasteiger partial charge in [0, 0.05) is 11.8 Å². The van der Waals surface area contributed by atoms with Gasteiger partial charge in [0.2, 0.25) is 0 Å². The van der Waals surface area contributed by atoms with E-state index in [1.807, 2.05) is 0 Å². The largest absolute Gasteiger partial charge is 0.299 e. The number of carbonyl (C=O) groups excluding carboxylic acids is 1. The molecule has 2 rings (SSSR count). The molecular weight excluding hydrogens is 244 g/mol. The van der Waals surface area contributed by atoms with E-state index in [1.165, 1.54) is 29.5 Å². The van der Waals surface area contributed by atoms with Crippen molar-refractivity contribution in [3.8, 4) is 0 Å². The summed E-state index contributed by atoms with van der Waals surface area (Å²) in [4.78, 5) is 12.9. The van der Waals surface area contributed by atoms with Crippen LogP contribution in [0.4, 0.5) is 0 Å². The molecule has 0 N–H and O–H groups in total. The lowest BCUT2D eigenvalue weighted by molar-refractivity contribution is -0.128. The van der Waals surface area contributed by atoms with Gasteiger partial charge in [0.15, 0.2) is 0 Å². The molecule has 0 bridgehead atoms. The van der Waals surface area contributed by atoms with Gasteiger partial charge in [-0.25, -0.2) is 0 Å². The van der Waals surface area contributed by atoms with Crippen molar-refractivity contribution in [1.29, 1.82) is 0 Å². The maximum atomic E-state index is 12.9. The van der Waals surface area contributed by atoms with Crippen LogP contribution < -0.4 is 0 Å². The predicted octanol–water partition coefficient (Wildman–Crippen LogP) is 5.02. The van der Waals surface area contributed by atoms with Gasteiger partial charge in [-0.2, -0.15) is 0 Å². The van der Waals surface area contributed by atoms with Gasteiger partial charge in [-0.05, 0) is 50.2 Å². The first kappa shape index (κ1) is 15.3. The molecule has 0 saturated heterocycles. The molecule has 0 spiro atoms. The number of aryl methyl sites for hydroxylation is 2. The highest BCUT2D eigenvalue weighted by atomic mass is 16.1. The number of hydrogen-bond donors (Lipinski definition) is 0. The molecule has 0 radical (unpaired) electrons. The van der Waals surface area contributed by atoms with E-state index in [2.05, 4.69) is 45.9 Å². The Morgan fingerprint density at radius 1 is 1.20 bits per heavy atom. The fourth-order valence-electron chi connectivity index (χ4n) is 3.78. The molecular formula is C19H28O. The standard InChI is InChI=1S/C19H28O/c1-14(2)13-19(9-5-6-10-19)18(20)12-17-11-15(3)7-8-16(17)4/h7-8,11,14H,5-6,9-10,12-13H2,1-4H3. The summed E-state index contributed by atoms with van der Waals surface area (Å²) in [5.41, 5.74) is 3.71. The summed E-state index contributed by atoms with van der Waals surface area (Å²) in [6, 6.07) is 6.45. The molecule has 0 amide bonds. The van der Waals surface area contributed by atoms with Gasteiger partial charge in [0.05, 0.1) is 0 Å². The van der Waals surface area contributed by atoms with Crippen molar-refractivity contribution in [2.24, 2.45) is 11.3 Å². The molecule has 0 heterocycles. The highest BCUT2D eigenvalue weighted by Crippen LogP contribution is 2.44. The van der Waals surface area contributed by atoms with E-state index in [9.17, 15) is 4.79 Å². The summed E-state index contributed by atoms with van der Waals surface area (Å²) in [7, 11) is 0. The zero-order chi connectivity index (χ0) is 14.8. The Bertz CT molecular complexity index is 479. The van der Waals surface area contributed by atoms with E-state index in [0.29, 0.717) is 18.1 Å². The smallest absolute Gasteiger partial charge is 0.143 e. The van der Waals surface area contributed by atoms with Crippen molar-refractivity contribution < 1.29 is 4.79 Å². The minimum Gasteiger partial charge on any atom is -0.299 e. The van der Waals surface area contributed by atoms with Crippen LogP contribution in [0.2, 0.25) is 0 Å². The fraction of sp³-hybridized carbons (Fsp3) is 0.632. The molecule has 0 unspecified atom stereocenters. The molecule has 1 aromatic carbocycles. The van der Waals surface area contributed by atoms with E-state index in [1.54, 1.807) is 0 Å².